The van der Waals surface area contributed by atoms with Gasteiger partial charge in [-0.2, -0.15) is 0 Å². The third kappa shape index (κ3) is 3.81. The van der Waals surface area contributed by atoms with E-state index < -0.39 is 0 Å². The van der Waals surface area contributed by atoms with Gasteiger partial charge >= 0.3 is 0 Å². The van der Waals surface area contributed by atoms with Crippen LogP contribution in [0.1, 0.15) is 70.4 Å². The van der Waals surface area contributed by atoms with Gasteiger partial charge in [-0.25, -0.2) is 0 Å². The van der Waals surface area contributed by atoms with Crippen molar-refractivity contribution in [3.63, 3.8) is 0 Å². The maximum Gasteiger partial charge on any atom is 0.196 e. The molecule has 1 aromatic carbocycles. The Labute approximate surface area is 172 Å². The molecule has 6 nitrogen and oxygen atoms in total. The average Bonchev–Trinajstić information content (AvgIpc) is 3.30. The molecule has 6 heteroatoms. The number of likely N-dealkylation sites (tertiary alicyclic amines) is 1. The van der Waals surface area contributed by atoms with Crippen LogP contribution < -0.4 is 9.47 Å². The van der Waals surface area contributed by atoms with Gasteiger partial charge in [0, 0.05) is 22.9 Å². The molecule has 0 unspecified atom stereocenters. The number of benzene rings is 1. The fourth-order valence-electron chi connectivity index (χ4n) is 4.57. The van der Waals surface area contributed by atoms with E-state index in [0.717, 1.165) is 47.7 Å². The molecule has 1 aromatic heterocycles. The first-order chi connectivity index (χ1) is 13.8. The molecular formula is C23H30N2O4. The molecule has 1 aliphatic heterocycles. The largest absolute Gasteiger partial charge is 0.497 e. The number of hydrogen-bond donors (Lipinski definition) is 1. The number of H-pyrrole nitrogens is 1. The van der Waals surface area contributed by atoms with Crippen molar-refractivity contribution < 1.29 is 19.1 Å². The van der Waals surface area contributed by atoms with E-state index in [2.05, 4.69) is 9.88 Å². The molecule has 1 N–H and O–H groups in total. The number of ketones is 2. The zero-order valence-corrected chi connectivity index (χ0v) is 18.1. The van der Waals surface area contributed by atoms with E-state index in [1.807, 2.05) is 39.0 Å². The van der Waals surface area contributed by atoms with Gasteiger partial charge in [-0.05, 0) is 70.8 Å². The lowest BCUT2D eigenvalue weighted by Gasteiger charge is -2.31. The first-order valence-corrected chi connectivity index (χ1v) is 10.0. The highest BCUT2D eigenvalue weighted by Crippen LogP contribution is 2.40. The summed E-state index contributed by atoms with van der Waals surface area (Å²) in [6.45, 7) is 7.98. The Balaban J connectivity index is 1.93. The molecule has 1 fully saturated rings. The fraction of sp³-hybridized carbons (Fsp3) is 0.478. The molecule has 1 saturated heterocycles. The maximum atomic E-state index is 13.4. The molecule has 0 amide bonds. The van der Waals surface area contributed by atoms with Gasteiger partial charge in [0.15, 0.2) is 11.6 Å². The molecular weight excluding hydrogens is 368 g/mol. The van der Waals surface area contributed by atoms with Gasteiger partial charge < -0.3 is 14.5 Å². The SMILES string of the molecule is COc1ccc(OC)c([C@H]2CCCN2[C@H](C)C(=O)c2[nH]c(C)c(C(C)=O)c2C)c1. The van der Waals surface area contributed by atoms with E-state index in [1.54, 1.807) is 14.2 Å². The highest BCUT2D eigenvalue weighted by Gasteiger charge is 2.36. The summed E-state index contributed by atoms with van der Waals surface area (Å²) in [6, 6.07) is 5.54. The van der Waals surface area contributed by atoms with Crippen LogP contribution in [0.4, 0.5) is 0 Å². The first kappa shape index (κ1) is 21.1. The minimum absolute atomic E-state index is 0.00635. The minimum atomic E-state index is -0.324. The number of aromatic nitrogens is 1. The molecule has 2 atom stereocenters. The number of aromatic amines is 1. The van der Waals surface area contributed by atoms with Crippen molar-refractivity contribution in [3.8, 4) is 11.5 Å². The van der Waals surface area contributed by atoms with Crippen LogP contribution >= 0.6 is 0 Å². The van der Waals surface area contributed by atoms with Crippen LogP contribution in [0.2, 0.25) is 0 Å². The zero-order valence-electron chi connectivity index (χ0n) is 18.1. The van der Waals surface area contributed by atoms with Gasteiger partial charge in [-0.3, -0.25) is 14.5 Å². The number of rotatable bonds is 7. The van der Waals surface area contributed by atoms with E-state index in [0.29, 0.717) is 11.3 Å². The zero-order chi connectivity index (χ0) is 21.3. The normalized spacial score (nSPS) is 17.9. The van der Waals surface area contributed by atoms with Gasteiger partial charge in [0.05, 0.1) is 26.0 Å². The van der Waals surface area contributed by atoms with Crippen molar-refractivity contribution in [2.75, 3.05) is 20.8 Å². The highest BCUT2D eigenvalue weighted by molar-refractivity contribution is 6.05. The van der Waals surface area contributed by atoms with E-state index in [1.165, 1.54) is 6.92 Å². The maximum absolute atomic E-state index is 13.4. The number of ether oxygens (including phenoxy) is 2. The smallest absolute Gasteiger partial charge is 0.196 e. The fourth-order valence-corrected chi connectivity index (χ4v) is 4.57. The summed E-state index contributed by atoms with van der Waals surface area (Å²) in [6.07, 6.45) is 1.95. The summed E-state index contributed by atoms with van der Waals surface area (Å²) in [5, 5.41) is 0. The van der Waals surface area contributed by atoms with Crippen LogP contribution in [0.25, 0.3) is 0 Å². The van der Waals surface area contributed by atoms with Crippen molar-refractivity contribution in [1.29, 1.82) is 0 Å². The van der Waals surface area contributed by atoms with Gasteiger partial charge in [-0.15, -0.1) is 0 Å². The molecule has 2 heterocycles. The number of methoxy groups -OCH3 is 2. The number of hydrogen-bond acceptors (Lipinski definition) is 5. The summed E-state index contributed by atoms with van der Waals surface area (Å²) < 4.78 is 11.0. The Morgan fingerprint density at radius 3 is 2.52 bits per heavy atom. The third-order valence-corrected chi connectivity index (χ3v) is 6.00. The van der Waals surface area contributed by atoms with Crippen LogP contribution in [-0.2, 0) is 0 Å². The Morgan fingerprint density at radius 1 is 1.21 bits per heavy atom. The number of carbonyl (C=O) groups excluding carboxylic acids is 2. The highest BCUT2D eigenvalue weighted by atomic mass is 16.5. The van der Waals surface area contributed by atoms with Crippen LogP contribution in [-0.4, -0.2) is 48.3 Å². The van der Waals surface area contributed by atoms with Crippen molar-refractivity contribution in [2.45, 2.75) is 52.6 Å². The van der Waals surface area contributed by atoms with Crippen LogP contribution in [0, 0.1) is 13.8 Å². The number of carbonyl (C=O) groups is 2. The molecule has 0 spiro atoms. The number of aryl methyl sites for hydroxylation is 1. The van der Waals surface area contributed by atoms with Gasteiger partial charge in [0.25, 0.3) is 0 Å². The van der Waals surface area contributed by atoms with E-state index in [9.17, 15) is 9.59 Å². The molecule has 2 aromatic rings. The topological polar surface area (TPSA) is 71.6 Å². The quantitative estimate of drug-likeness (QED) is 0.706. The second kappa shape index (κ2) is 8.41. The molecule has 0 aliphatic carbocycles. The van der Waals surface area contributed by atoms with Gasteiger partial charge in [-0.1, -0.05) is 0 Å². The Morgan fingerprint density at radius 2 is 1.93 bits per heavy atom. The van der Waals surface area contributed by atoms with E-state index in [4.69, 9.17) is 9.47 Å². The predicted octanol–water partition coefficient (Wildman–Crippen LogP) is 4.26. The third-order valence-electron chi connectivity index (χ3n) is 6.00. The molecule has 3 rings (SSSR count). The Hall–Kier alpha value is -2.60. The van der Waals surface area contributed by atoms with Crippen molar-refractivity contribution >= 4 is 11.6 Å². The van der Waals surface area contributed by atoms with E-state index >= 15 is 0 Å². The summed E-state index contributed by atoms with van der Waals surface area (Å²) in [7, 11) is 3.31. The summed E-state index contributed by atoms with van der Waals surface area (Å²) in [5.74, 6) is 1.55. The lowest BCUT2D eigenvalue weighted by Crippen LogP contribution is -2.39. The number of Topliss-reactive ketones (excluding diaryl/α,β-unsaturated/α-hetero) is 2. The van der Waals surface area contributed by atoms with Gasteiger partial charge in [0.1, 0.15) is 11.5 Å². The molecule has 156 valence electrons. The monoisotopic (exact) mass is 398 g/mol. The summed E-state index contributed by atoms with van der Waals surface area (Å²) >= 11 is 0. The number of nitrogens with one attached hydrogen (secondary N) is 1. The first-order valence-electron chi connectivity index (χ1n) is 10.0. The second-order valence-electron chi connectivity index (χ2n) is 7.73. The lowest BCUT2D eigenvalue weighted by atomic mass is 9.99. The Kier molecular flexibility index (Phi) is 6.13. The average molecular weight is 399 g/mol. The Bertz CT molecular complexity index is 931. The van der Waals surface area contributed by atoms with E-state index in [-0.39, 0.29) is 23.7 Å². The molecule has 29 heavy (non-hydrogen) atoms. The van der Waals surface area contributed by atoms with Crippen LogP contribution in [0.5, 0.6) is 11.5 Å². The minimum Gasteiger partial charge on any atom is -0.497 e. The predicted molar refractivity (Wildman–Crippen MR) is 112 cm³/mol. The van der Waals surface area contributed by atoms with Crippen molar-refractivity contribution in [2.24, 2.45) is 0 Å². The summed E-state index contributed by atoms with van der Waals surface area (Å²) in [4.78, 5) is 30.7. The number of nitrogens with zero attached hydrogens (tertiary/aromatic N) is 1. The van der Waals surface area contributed by atoms with Crippen molar-refractivity contribution in [1.82, 2.24) is 9.88 Å². The molecule has 0 bridgehead atoms. The molecule has 1 aliphatic rings. The van der Waals surface area contributed by atoms with Crippen molar-refractivity contribution in [3.05, 3.63) is 46.3 Å². The lowest BCUT2D eigenvalue weighted by molar-refractivity contribution is 0.0812. The van der Waals surface area contributed by atoms with Crippen LogP contribution in [0.3, 0.4) is 0 Å². The van der Waals surface area contributed by atoms with Gasteiger partial charge in [0.2, 0.25) is 0 Å². The standard InChI is InChI=1S/C23H30N2O4/c1-13-21(16(4)26)14(2)24-22(13)23(27)15(3)25-11-7-8-19(25)18-12-17(28-5)9-10-20(18)29-6/h9-10,12,15,19,24H,7-8,11H2,1-6H3/t15-,19-/m1/s1. The summed E-state index contributed by atoms with van der Waals surface area (Å²) in [5.41, 5.74) is 3.67. The second-order valence-corrected chi connectivity index (χ2v) is 7.73. The van der Waals surface area contributed by atoms with Crippen LogP contribution in [0.15, 0.2) is 18.2 Å². The molecule has 0 radical (unpaired) electrons. The molecule has 0 saturated carbocycles.